The zero-order chi connectivity index (χ0) is 16.1. The van der Waals surface area contributed by atoms with Crippen LogP contribution in [0.5, 0.6) is 0 Å². The summed E-state index contributed by atoms with van der Waals surface area (Å²) in [5.74, 6) is 0.995. The van der Waals surface area contributed by atoms with Gasteiger partial charge in [0, 0.05) is 30.8 Å². The smallest absolute Gasteiger partial charge is 0.347 e. The molecule has 1 aromatic carbocycles. The molecule has 0 saturated carbocycles. The highest BCUT2D eigenvalue weighted by Gasteiger charge is 2.14. The molecule has 0 N–H and O–H groups in total. The molecule has 122 valence electrons. The number of hydrogen-bond acceptors (Lipinski definition) is 6. The van der Waals surface area contributed by atoms with Crippen LogP contribution in [0.1, 0.15) is 10.4 Å². The van der Waals surface area contributed by atoms with Gasteiger partial charge in [0.2, 0.25) is 0 Å². The van der Waals surface area contributed by atoms with E-state index in [1.54, 1.807) is 30.0 Å². The molecule has 2 aromatic rings. The van der Waals surface area contributed by atoms with Gasteiger partial charge < -0.3 is 9.15 Å². The van der Waals surface area contributed by atoms with E-state index in [9.17, 15) is 9.59 Å². The first-order valence-corrected chi connectivity index (χ1v) is 8.83. The van der Waals surface area contributed by atoms with Gasteiger partial charge in [-0.25, -0.2) is 4.79 Å². The first-order valence-electron chi connectivity index (χ1n) is 7.68. The average molecular weight is 333 g/mol. The SMILES string of the molecule is O=C(CSCCN1CCOCC1)c1cc2ccccc2oc1=O. The highest BCUT2D eigenvalue weighted by molar-refractivity contribution is 8.00. The topological polar surface area (TPSA) is 59.8 Å². The van der Waals surface area contributed by atoms with Gasteiger partial charge in [-0.3, -0.25) is 9.69 Å². The van der Waals surface area contributed by atoms with Crippen LogP contribution in [0.25, 0.3) is 11.0 Å². The van der Waals surface area contributed by atoms with E-state index in [4.69, 9.17) is 9.15 Å². The number of morpholine rings is 1. The molecule has 23 heavy (non-hydrogen) atoms. The van der Waals surface area contributed by atoms with Crippen LogP contribution in [-0.4, -0.2) is 55.0 Å². The largest absolute Gasteiger partial charge is 0.422 e. The van der Waals surface area contributed by atoms with Crippen LogP contribution >= 0.6 is 11.8 Å². The van der Waals surface area contributed by atoms with Crippen LogP contribution in [-0.2, 0) is 4.74 Å². The number of ketones is 1. The van der Waals surface area contributed by atoms with Crippen molar-refractivity contribution in [2.24, 2.45) is 0 Å². The normalized spacial score (nSPS) is 15.8. The number of hydrogen-bond donors (Lipinski definition) is 0. The highest BCUT2D eigenvalue weighted by atomic mass is 32.2. The standard InChI is InChI=1S/C17H19NO4S/c19-15(12-23-10-7-18-5-8-21-9-6-18)14-11-13-3-1-2-4-16(13)22-17(14)20/h1-4,11H,5-10,12H2. The van der Waals surface area contributed by atoms with Crippen molar-refractivity contribution in [2.75, 3.05) is 44.4 Å². The lowest BCUT2D eigenvalue weighted by Gasteiger charge is -2.26. The lowest BCUT2D eigenvalue weighted by Crippen LogP contribution is -2.37. The molecule has 1 aromatic heterocycles. The van der Waals surface area contributed by atoms with Gasteiger partial charge in [0.1, 0.15) is 11.1 Å². The summed E-state index contributed by atoms with van der Waals surface area (Å²) < 4.78 is 10.5. The van der Waals surface area contributed by atoms with Crippen molar-refractivity contribution in [1.29, 1.82) is 0 Å². The first kappa shape index (κ1) is 16.2. The highest BCUT2D eigenvalue weighted by Crippen LogP contribution is 2.14. The summed E-state index contributed by atoms with van der Waals surface area (Å²) in [6.45, 7) is 4.39. The lowest BCUT2D eigenvalue weighted by atomic mass is 10.1. The summed E-state index contributed by atoms with van der Waals surface area (Å²) in [4.78, 5) is 26.5. The molecule has 1 saturated heterocycles. The van der Waals surface area contributed by atoms with E-state index in [-0.39, 0.29) is 11.3 Å². The third kappa shape index (κ3) is 4.22. The second-order valence-electron chi connectivity index (χ2n) is 5.42. The van der Waals surface area contributed by atoms with Crippen LogP contribution in [0.4, 0.5) is 0 Å². The Hall–Kier alpha value is -1.63. The molecule has 6 heteroatoms. The minimum Gasteiger partial charge on any atom is -0.422 e. The Kier molecular flexibility index (Phi) is 5.48. The number of para-hydroxylation sites is 1. The molecule has 0 bridgehead atoms. The van der Waals surface area contributed by atoms with Gasteiger partial charge in [0.05, 0.1) is 19.0 Å². The molecular formula is C17H19NO4S. The van der Waals surface area contributed by atoms with Crippen molar-refractivity contribution >= 4 is 28.5 Å². The zero-order valence-electron chi connectivity index (χ0n) is 12.8. The number of ether oxygens (including phenoxy) is 1. The van der Waals surface area contributed by atoms with E-state index in [0.29, 0.717) is 11.3 Å². The quantitative estimate of drug-likeness (QED) is 0.458. The summed E-state index contributed by atoms with van der Waals surface area (Å²) in [6.07, 6.45) is 0. The Morgan fingerprint density at radius 1 is 1.22 bits per heavy atom. The van der Waals surface area contributed by atoms with Crippen molar-refractivity contribution in [3.63, 3.8) is 0 Å². The average Bonchev–Trinajstić information content (AvgIpc) is 2.59. The molecular weight excluding hydrogens is 314 g/mol. The van der Waals surface area contributed by atoms with Gasteiger partial charge >= 0.3 is 5.63 Å². The fourth-order valence-corrected chi connectivity index (χ4v) is 3.39. The maximum absolute atomic E-state index is 12.2. The molecule has 0 unspecified atom stereocenters. The van der Waals surface area contributed by atoms with Crippen molar-refractivity contribution in [2.45, 2.75) is 0 Å². The fraction of sp³-hybridized carbons (Fsp3) is 0.412. The monoisotopic (exact) mass is 333 g/mol. The number of carbonyl (C=O) groups is 1. The van der Waals surface area contributed by atoms with Crippen LogP contribution in [0.3, 0.4) is 0 Å². The molecule has 0 aliphatic carbocycles. The van der Waals surface area contributed by atoms with E-state index in [1.807, 2.05) is 12.1 Å². The predicted octanol–water partition coefficient (Wildman–Crippen LogP) is 2.04. The van der Waals surface area contributed by atoms with E-state index in [0.717, 1.165) is 44.0 Å². The van der Waals surface area contributed by atoms with Gasteiger partial charge in [0.15, 0.2) is 5.78 Å². The summed E-state index contributed by atoms with van der Waals surface area (Å²) in [5, 5.41) is 0.772. The van der Waals surface area contributed by atoms with Gasteiger partial charge in [0.25, 0.3) is 0 Å². The van der Waals surface area contributed by atoms with E-state index in [2.05, 4.69) is 4.90 Å². The molecule has 1 aliphatic rings. The van der Waals surface area contributed by atoms with Gasteiger partial charge in [-0.15, -0.1) is 0 Å². The van der Waals surface area contributed by atoms with E-state index < -0.39 is 5.63 Å². The summed E-state index contributed by atoms with van der Waals surface area (Å²) in [7, 11) is 0. The fourth-order valence-electron chi connectivity index (χ4n) is 2.52. The number of Topliss-reactive ketones (excluding diaryl/α,β-unsaturated/α-hetero) is 1. The van der Waals surface area contributed by atoms with Crippen molar-refractivity contribution in [3.05, 3.63) is 46.3 Å². The van der Waals surface area contributed by atoms with Crippen LogP contribution < -0.4 is 5.63 Å². The Morgan fingerprint density at radius 2 is 2.00 bits per heavy atom. The number of rotatable bonds is 6. The Morgan fingerprint density at radius 3 is 2.83 bits per heavy atom. The molecule has 1 fully saturated rings. The maximum Gasteiger partial charge on any atom is 0.347 e. The molecule has 1 aliphatic heterocycles. The zero-order valence-corrected chi connectivity index (χ0v) is 13.6. The van der Waals surface area contributed by atoms with Gasteiger partial charge in [-0.05, 0) is 12.1 Å². The van der Waals surface area contributed by atoms with Crippen LogP contribution in [0.2, 0.25) is 0 Å². The third-order valence-electron chi connectivity index (χ3n) is 3.83. The lowest BCUT2D eigenvalue weighted by molar-refractivity contribution is 0.0410. The number of benzene rings is 1. The second-order valence-corrected chi connectivity index (χ2v) is 6.52. The third-order valence-corrected chi connectivity index (χ3v) is 4.77. The van der Waals surface area contributed by atoms with E-state index >= 15 is 0 Å². The van der Waals surface area contributed by atoms with Crippen molar-refractivity contribution in [1.82, 2.24) is 4.90 Å². The minimum atomic E-state index is -0.553. The second kappa shape index (κ2) is 7.77. The number of carbonyl (C=O) groups excluding carboxylic acids is 1. The predicted molar refractivity (Wildman–Crippen MR) is 91.4 cm³/mol. The molecule has 3 rings (SSSR count). The summed E-state index contributed by atoms with van der Waals surface area (Å²) >= 11 is 1.55. The van der Waals surface area contributed by atoms with Crippen molar-refractivity contribution < 1.29 is 13.9 Å². The first-order chi connectivity index (χ1) is 11.2. The van der Waals surface area contributed by atoms with Crippen molar-refractivity contribution in [3.8, 4) is 0 Å². The van der Waals surface area contributed by atoms with Gasteiger partial charge in [-0.1, -0.05) is 18.2 Å². The summed E-state index contributed by atoms with van der Waals surface area (Å²) in [5.41, 5.74) is 0.0964. The van der Waals surface area contributed by atoms with Crippen LogP contribution in [0, 0.1) is 0 Å². The van der Waals surface area contributed by atoms with Gasteiger partial charge in [-0.2, -0.15) is 11.8 Å². The number of fused-ring (bicyclic) bond motifs is 1. The minimum absolute atomic E-state index is 0.141. The Bertz CT molecular complexity index is 737. The molecule has 0 radical (unpaired) electrons. The van der Waals surface area contributed by atoms with Crippen LogP contribution in [0.15, 0.2) is 39.5 Å². The Balaban J connectivity index is 1.55. The number of nitrogens with zero attached hydrogens (tertiary/aromatic N) is 1. The molecule has 0 spiro atoms. The molecule has 0 atom stereocenters. The molecule has 0 amide bonds. The Labute approximate surface area is 138 Å². The van der Waals surface area contributed by atoms with E-state index in [1.165, 1.54) is 0 Å². The number of thioether (sulfide) groups is 1. The molecule has 5 nitrogen and oxygen atoms in total. The maximum atomic E-state index is 12.2. The molecule has 2 heterocycles. The summed E-state index contributed by atoms with van der Waals surface area (Å²) in [6, 6.07) is 8.84.